The maximum atomic E-state index is 4.80. The molecular weight excluding hydrogens is 246 g/mol. The van der Waals surface area contributed by atoms with Crippen LogP contribution in [0.2, 0.25) is 0 Å². The van der Waals surface area contributed by atoms with Gasteiger partial charge in [-0.05, 0) is 38.8 Å². The molecule has 1 aliphatic rings. The number of rotatable bonds is 6. The largest absolute Gasteiger partial charge is 0.371 e. The van der Waals surface area contributed by atoms with Crippen LogP contribution in [0.5, 0.6) is 0 Å². The normalized spacial score (nSPS) is 14.7. The van der Waals surface area contributed by atoms with Gasteiger partial charge in [0.2, 0.25) is 0 Å². The van der Waals surface area contributed by atoms with Gasteiger partial charge in [0.05, 0.1) is 11.2 Å². The van der Waals surface area contributed by atoms with Crippen LogP contribution in [0.3, 0.4) is 0 Å². The van der Waals surface area contributed by atoms with Gasteiger partial charge in [0.25, 0.3) is 0 Å². The Bertz CT molecular complexity index is 586. The van der Waals surface area contributed by atoms with E-state index in [1.165, 1.54) is 23.9 Å². The van der Waals surface area contributed by atoms with Crippen molar-refractivity contribution in [3.63, 3.8) is 0 Å². The first-order chi connectivity index (χ1) is 9.81. The summed E-state index contributed by atoms with van der Waals surface area (Å²) in [4.78, 5) is 7.20. The number of anilines is 1. The van der Waals surface area contributed by atoms with E-state index < -0.39 is 0 Å². The third kappa shape index (κ3) is 2.78. The first kappa shape index (κ1) is 13.4. The van der Waals surface area contributed by atoms with E-state index in [2.05, 4.69) is 54.4 Å². The predicted molar refractivity (Wildman–Crippen MR) is 85.2 cm³/mol. The third-order valence-corrected chi connectivity index (χ3v) is 4.00. The summed E-state index contributed by atoms with van der Waals surface area (Å²) in [5.74, 6) is 0. The summed E-state index contributed by atoms with van der Waals surface area (Å²) in [5.41, 5.74) is 3.56. The van der Waals surface area contributed by atoms with E-state index in [-0.39, 0.29) is 0 Å². The molecule has 1 saturated carbocycles. The predicted octanol–water partition coefficient (Wildman–Crippen LogP) is 3.33. The van der Waals surface area contributed by atoms with Gasteiger partial charge in [-0.3, -0.25) is 4.98 Å². The average Bonchev–Trinajstić information content (AvgIpc) is 3.30. The van der Waals surface area contributed by atoms with Gasteiger partial charge in [-0.25, -0.2) is 0 Å². The van der Waals surface area contributed by atoms with Gasteiger partial charge in [-0.1, -0.05) is 18.2 Å². The molecule has 0 saturated heterocycles. The SMILES string of the molecule is CCN(CC)c1cc(CNC2CC2)nc2ccccc12. The van der Waals surface area contributed by atoms with E-state index in [4.69, 9.17) is 4.98 Å². The Hall–Kier alpha value is -1.61. The van der Waals surface area contributed by atoms with Crippen LogP contribution in [0.1, 0.15) is 32.4 Å². The van der Waals surface area contributed by atoms with E-state index in [9.17, 15) is 0 Å². The molecule has 0 atom stereocenters. The second kappa shape index (κ2) is 5.80. The van der Waals surface area contributed by atoms with E-state index in [1.54, 1.807) is 0 Å². The zero-order valence-corrected chi connectivity index (χ0v) is 12.4. The lowest BCUT2D eigenvalue weighted by molar-refractivity contribution is 0.676. The number of nitrogens with one attached hydrogen (secondary N) is 1. The van der Waals surface area contributed by atoms with Crippen LogP contribution in [0.25, 0.3) is 10.9 Å². The lowest BCUT2D eigenvalue weighted by Crippen LogP contribution is -2.23. The molecule has 3 nitrogen and oxygen atoms in total. The molecule has 106 valence electrons. The maximum absolute atomic E-state index is 4.80. The van der Waals surface area contributed by atoms with Crippen molar-refractivity contribution < 1.29 is 0 Å². The molecule has 0 unspecified atom stereocenters. The monoisotopic (exact) mass is 269 g/mol. The van der Waals surface area contributed by atoms with E-state index in [0.717, 1.165) is 36.9 Å². The maximum Gasteiger partial charge on any atom is 0.0726 e. The van der Waals surface area contributed by atoms with Gasteiger partial charge >= 0.3 is 0 Å². The highest BCUT2D eigenvalue weighted by Gasteiger charge is 2.20. The van der Waals surface area contributed by atoms with Crippen molar-refractivity contribution in [2.24, 2.45) is 0 Å². The van der Waals surface area contributed by atoms with Crippen molar-refractivity contribution >= 4 is 16.6 Å². The summed E-state index contributed by atoms with van der Waals surface area (Å²) < 4.78 is 0. The van der Waals surface area contributed by atoms with Crippen LogP contribution in [-0.4, -0.2) is 24.1 Å². The number of para-hydroxylation sites is 1. The Morgan fingerprint density at radius 1 is 1.20 bits per heavy atom. The fourth-order valence-electron chi connectivity index (χ4n) is 2.66. The van der Waals surface area contributed by atoms with Crippen LogP contribution >= 0.6 is 0 Å². The van der Waals surface area contributed by atoms with Crippen LogP contribution in [0, 0.1) is 0 Å². The second-order valence-corrected chi connectivity index (χ2v) is 5.48. The Morgan fingerprint density at radius 3 is 2.65 bits per heavy atom. The smallest absolute Gasteiger partial charge is 0.0726 e. The van der Waals surface area contributed by atoms with Gasteiger partial charge < -0.3 is 10.2 Å². The quantitative estimate of drug-likeness (QED) is 0.872. The van der Waals surface area contributed by atoms with Crippen molar-refractivity contribution in [3.8, 4) is 0 Å². The molecule has 3 rings (SSSR count). The zero-order valence-electron chi connectivity index (χ0n) is 12.4. The summed E-state index contributed by atoms with van der Waals surface area (Å²) in [6.45, 7) is 7.35. The number of hydrogen-bond donors (Lipinski definition) is 1. The lowest BCUT2D eigenvalue weighted by atomic mass is 10.1. The number of pyridine rings is 1. The molecule has 0 aliphatic heterocycles. The molecule has 1 aliphatic carbocycles. The topological polar surface area (TPSA) is 28.2 Å². The van der Waals surface area contributed by atoms with Crippen molar-refractivity contribution in [2.45, 2.75) is 39.3 Å². The molecule has 0 amide bonds. The number of aromatic nitrogens is 1. The standard InChI is InChI=1S/C17H23N3/c1-3-20(4-2)17-11-14(12-18-13-9-10-13)19-16-8-6-5-7-15(16)17/h5-8,11,13,18H,3-4,9-10,12H2,1-2H3. The van der Waals surface area contributed by atoms with Crippen LogP contribution in [0.4, 0.5) is 5.69 Å². The molecule has 3 heteroatoms. The van der Waals surface area contributed by atoms with Crippen LogP contribution < -0.4 is 10.2 Å². The highest BCUT2D eigenvalue weighted by molar-refractivity contribution is 5.91. The minimum atomic E-state index is 0.722. The summed E-state index contributed by atoms with van der Waals surface area (Å²) in [7, 11) is 0. The third-order valence-electron chi connectivity index (χ3n) is 4.00. The van der Waals surface area contributed by atoms with Gasteiger partial charge in [0, 0.05) is 36.7 Å². The second-order valence-electron chi connectivity index (χ2n) is 5.48. The number of fused-ring (bicyclic) bond motifs is 1. The average molecular weight is 269 g/mol. The molecule has 1 aromatic carbocycles. The molecule has 20 heavy (non-hydrogen) atoms. The van der Waals surface area contributed by atoms with Crippen molar-refractivity contribution in [2.75, 3.05) is 18.0 Å². The minimum Gasteiger partial charge on any atom is -0.371 e. The molecule has 1 aromatic heterocycles. The minimum absolute atomic E-state index is 0.722. The molecule has 2 aromatic rings. The molecule has 1 N–H and O–H groups in total. The highest BCUT2D eigenvalue weighted by Crippen LogP contribution is 2.27. The fraction of sp³-hybridized carbons (Fsp3) is 0.471. The summed E-state index contributed by atoms with van der Waals surface area (Å²) in [6, 6.07) is 11.4. The van der Waals surface area contributed by atoms with Crippen molar-refractivity contribution in [1.29, 1.82) is 0 Å². The van der Waals surface area contributed by atoms with E-state index in [0.29, 0.717) is 0 Å². The van der Waals surface area contributed by atoms with Crippen LogP contribution in [0.15, 0.2) is 30.3 Å². The summed E-state index contributed by atoms with van der Waals surface area (Å²) >= 11 is 0. The number of nitrogens with zero attached hydrogens (tertiary/aromatic N) is 2. The highest BCUT2D eigenvalue weighted by atomic mass is 15.1. The Morgan fingerprint density at radius 2 is 1.95 bits per heavy atom. The Labute approximate surface area is 121 Å². The first-order valence-corrected chi connectivity index (χ1v) is 7.68. The molecule has 0 radical (unpaired) electrons. The first-order valence-electron chi connectivity index (χ1n) is 7.68. The lowest BCUT2D eigenvalue weighted by Gasteiger charge is -2.23. The summed E-state index contributed by atoms with van der Waals surface area (Å²) in [6.07, 6.45) is 2.63. The number of benzene rings is 1. The Balaban J connectivity index is 1.99. The summed E-state index contributed by atoms with van der Waals surface area (Å²) in [5, 5.41) is 4.81. The molecule has 0 spiro atoms. The molecule has 1 fully saturated rings. The Kier molecular flexibility index (Phi) is 3.88. The molecule has 1 heterocycles. The van der Waals surface area contributed by atoms with Gasteiger partial charge in [0.15, 0.2) is 0 Å². The van der Waals surface area contributed by atoms with Crippen molar-refractivity contribution in [1.82, 2.24) is 10.3 Å². The van der Waals surface area contributed by atoms with Crippen LogP contribution in [-0.2, 0) is 6.54 Å². The van der Waals surface area contributed by atoms with Gasteiger partial charge in [-0.2, -0.15) is 0 Å². The van der Waals surface area contributed by atoms with Crippen molar-refractivity contribution in [3.05, 3.63) is 36.0 Å². The van der Waals surface area contributed by atoms with Gasteiger partial charge in [-0.15, -0.1) is 0 Å². The molecule has 0 bridgehead atoms. The van der Waals surface area contributed by atoms with Gasteiger partial charge in [0.1, 0.15) is 0 Å². The fourth-order valence-corrected chi connectivity index (χ4v) is 2.66. The van der Waals surface area contributed by atoms with E-state index >= 15 is 0 Å². The zero-order chi connectivity index (χ0) is 13.9. The molecular formula is C17H23N3. The van der Waals surface area contributed by atoms with E-state index in [1.807, 2.05) is 0 Å². The number of hydrogen-bond acceptors (Lipinski definition) is 3.